The van der Waals surface area contributed by atoms with Gasteiger partial charge in [0.25, 0.3) is 11.7 Å². The molecule has 1 fully saturated rings. The maximum Gasteiger partial charge on any atom is 0.300 e. The van der Waals surface area contributed by atoms with Crippen LogP contribution >= 0.6 is 11.3 Å². The average molecular weight is 373 g/mol. The lowest BCUT2D eigenvalue weighted by molar-refractivity contribution is -0.114. The van der Waals surface area contributed by atoms with Crippen molar-refractivity contribution in [2.75, 3.05) is 37.7 Å². The van der Waals surface area contributed by atoms with E-state index < -0.39 is 17.5 Å². The standard InChI is InChI=1S/C18H16FN3O3S/c19-12-3-4-14-13(10-12)16(23)18(25)22(14)11-20-5-7-21(8-6-20)17(24)15-2-1-9-26-15/h1-4,9-10H,5-8,11H2. The smallest absolute Gasteiger partial charge is 0.300 e. The van der Waals surface area contributed by atoms with Gasteiger partial charge in [-0.05, 0) is 29.6 Å². The summed E-state index contributed by atoms with van der Waals surface area (Å²) in [6.45, 7) is 2.58. The van der Waals surface area contributed by atoms with E-state index in [1.165, 1.54) is 28.4 Å². The molecule has 0 aliphatic carbocycles. The molecule has 1 saturated heterocycles. The summed E-state index contributed by atoms with van der Waals surface area (Å²) in [6.07, 6.45) is 0. The number of amides is 2. The van der Waals surface area contributed by atoms with Crippen molar-refractivity contribution in [2.24, 2.45) is 0 Å². The summed E-state index contributed by atoms with van der Waals surface area (Å²) in [6, 6.07) is 7.47. The van der Waals surface area contributed by atoms with E-state index in [1.54, 1.807) is 4.90 Å². The van der Waals surface area contributed by atoms with E-state index in [0.717, 1.165) is 10.9 Å². The molecular formula is C18H16FN3O3S. The quantitative estimate of drug-likeness (QED) is 0.771. The van der Waals surface area contributed by atoms with Gasteiger partial charge in [0.2, 0.25) is 0 Å². The highest BCUT2D eigenvalue weighted by Crippen LogP contribution is 2.29. The summed E-state index contributed by atoms with van der Waals surface area (Å²) in [4.78, 5) is 42.6. The number of carbonyl (C=O) groups excluding carboxylic acids is 3. The maximum atomic E-state index is 13.4. The number of nitrogens with zero attached hydrogens (tertiary/aromatic N) is 3. The van der Waals surface area contributed by atoms with E-state index in [0.29, 0.717) is 31.9 Å². The van der Waals surface area contributed by atoms with Gasteiger partial charge < -0.3 is 4.90 Å². The Hall–Kier alpha value is -2.58. The van der Waals surface area contributed by atoms with E-state index in [9.17, 15) is 18.8 Å². The molecule has 2 amide bonds. The molecule has 2 aromatic rings. The maximum absolute atomic E-state index is 13.4. The van der Waals surface area contributed by atoms with Crippen LogP contribution in [-0.2, 0) is 4.79 Å². The lowest BCUT2D eigenvalue weighted by Gasteiger charge is -2.36. The molecule has 0 atom stereocenters. The number of Topliss-reactive ketones (excluding diaryl/α,β-unsaturated/α-hetero) is 1. The van der Waals surface area contributed by atoms with Crippen molar-refractivity contribution in [1.82, 2.24) is 9.80 Å². The van der Waals surface area contributed by atoms with Gasteiger partial charge in [-0.3, -0.25) is 24.2 Å². The van der Waals surface area contributed by atoms with Crippen LogP contribution in [0.4, 0.5) is 10.1 Å². The fourth-order valence-electron chi connectivity index (χ4n) is 3.26. The largest absolute Gasteiger partial charge is 0.335 e. The van der Waals surface area contributed by atoms with Gasteiger partial charge >= 0.3 is 5.91 Å². The molecule has 134 valence electrons. The number of hydrogen-bond donors (Lipinski definition) is 0. The van der Waals surface area contributed by atoms with Gasteiger partial charge in [0.05, 0.1) is 22.8 Å². The van der Waals surface area contributed by atoms with Crippen LogP contribution in [-0.4, -0.2) is 60.2 Å². The number of anilines is 1. The number of rotatable bonds is 3. The first-order chi connectivity index (χ1) is 12.5. The first kappa shape index (κ1) is 16.9. The molecule has 0 N–H and O–H groups in total. The number of fused-ring (bicyclic) bond motifs is 1. The highest BCUT2D eigenvalue weighted by atomic mass is 32.1. The van der Waals surface area contributed by atoms with E-state index in [1.807, 2.05) is 22.4 Å². The van der Waals surface area contributed by atoms with Gasteiger partial charge in [0.1, 0.15) is 5.82 Å². The van der Waals surface area contributed by atoms with Gasteiger partial charge in [0.15, 0.2) is 0 Å². The number of piperazine rings is 1. The first-order valence-electron chi connectivity index (χ1n) is 8.25. The van der Waals surface area contributed by atoms with Crippen molar-refractivity contribution in [3.8, 4) is 0 Å². The monoisotopic (exact) mass is 373 g/mol. The molecule has 8 heteroatoms. The molecular weight excluding hydrogens is 357 g/mol. The molecule has 0 radical (unpaired) electrons. The molecule has 26 heavy (non-hydrogen) atoms. The van der Waals surface area contributed by atoms with Crippen molar-refractivity contribution in [2.45, 2.75) is 0 Å². The number of halogens is 1. The van der Waals surface area contributed by atoms with Crippen molar-refractivity contribution >= 4 is 34.6 Å². The van der Waals surface area contributed by atoms with Crippen molar-refractivity contribution < 1.29 is 18.8 Å². The fourth-order valence-corrected chi connectivity index (χ4v) is 3.95. The third-order valence-corrected chi connectivity index (χ3v) is 5.52. The van der Waals surface area contributed by atoms with Crippen LogP contribution in [0.2, 0.25) is 0 Å². The van der Waals surface area contributed by atoms with Crippen molar-refractivity contribution in [1.29, 1.82) is 0 Å². The molecule has 2 aliphatic rings. The number of carbonyl (C=O) groups is 3. The molecule has 0 spiro atoms. The highest BCUT2D eigenvalue weighted by molar-refractivity contribution is 7.12. The molecule has 6 nitrogen and oxygen atoms in total. The van der Waals surface area contributed by atoms with Crippen molar-refractivity contribution in [3.05, 3.63) is 52.0 Å². The topological polar surface area (TPSA) is 60.9 Å². The summed E-state index contributed by atoms with van der Waals surface area (Å²) in [5.41, 5.74) is 0.556. The normalized spacial score (nSPS) is 17.7. The molecule has 0 saturated carbocycles. The summed E-state index contributed by atoms with van der Waals surface area (Å²) < 4.78 is 13.4. The average Bonchev–Trinajstić information content (AvgIpc) is 3.26. The Balaban J connectivity index is 1.41. The predicted octanol–water partition coefficient (Wildman–Crippen LogP) is 1.83. The fraction of sp³-hybridized carbons (Fsp3) is 0.278. The molecule has 2 aliphatic heterocycles. The Bertz CT molecular complexity index is 876. The van der Waals surface area contributed by atoms with Crippen LogP contribution in [0, 0.1) is 5.82 Å². The zero-order valence-electron chi connectivity index (χ0n) is 13.9. The molecule has 0 bridgehead atoms. The minimum atomic E-state index is -0.675. The molecule has 1 aromatic carbocycles. The van der Waals surface area contributed by atoms with Crippen LogP contribution in [0.25, 0.3) is 0 Å². The van der Waals surface area contributed by atoms with Gasteiger partial charge in [-0.2, -0.15) is 0 Å². The van der Waals surface area contributed by atoms with E-state index in [4.69, 9.17) is 0 Å². The lowest BCUT2D eigenvalue weighted by Crippen LogP contribution is -2.52. The van der Waals surface area contributed by atoms with Crippen LogP contribution in [0.1, 0.15) is 20.0 Å². The third kappa shape index (κ3) is 2.91. The Morgan fingerprint density at radius 2 is 1.88 bits per heavy atom. The molecule has 1 aromatic heterocycles. The van der Waals surface area contributed by atoms with Crippen LogP contribution < -0.4 is 4.90 Å². The second-order valence-corrected chi connectivity index (χ2v) is 7.20. The third-order valence-electron chi connectivity index (χ3n) is 4.67. The second kappa shape index (κ2) is 6.62. The number of benzene rings is 1. The summed E-state index contributed by atoms with van der Waals surface area (Å²) in [7, 11) is 0. The lowest BCUT2D eigenvalue weighted by atomic mass is 10.1. The second-order valence-electron chi connectivity index (χ2n) is 6.25. The minimum Gasteiger partial charge on any atom is -0.335 e. The summed E-state index contributed by atoms with van der Waals surface area (Å²) in [5, 5.41) is 1.87. The van der Waals surface area contributed by atoms with Crippen LogP contribution in [0.3, 0.4) is 0 Å². The zero-order chi connectivity index (χ0) is 18.3. The Kier molecular flexibility index (Phi) is 4.29. The predicted molar refractivity (Wildman–Crippen MR) is 94.9 cm³/mol. The van der Waals surface area contributed by atoms with Gasteiger partial charge in [-0.25, -0.2) is 4.39 Å². The first-order valence-corrected chi connectivity index (χ1v) is 9.13. The number of ketones is 1. The Morgan fingerprint density at radius 3 is 2.58 bits per heavy atom. The number of thiophene rings is 1. The Labute approximate surface area is 153 Å². The van der Waals surface area contributed by atoms with E-state index >= 15 is 0 Å². The zero-order valence-corrected chi connectivity index (χ0v) is 14.7. The SMILES string of the molecule is O=C1C(=O)N(CN2CCN(C(=O)c3cccs3)CC2)c2ccc(F)cc21. The summed E-state index contributed by atoms with van der Waals surface area (Å²) >= 11 is 1.42. The van der Waals surface area contributed by atoms with E-state index in [-0.39, 0.29) is 18.1 Å². The van der Waals surface area contributed by atoms with Crippen LogP contribution in [0.15, 0.2) is 35.7 Å². The molecule has 0 unspecified atom stereocenters. The van der Waals surface area contributed by atoms with Gasteiger partial charge in [0, 0.05) is 26.2 Å². The molecule has 4 rings (SSSR count). The van der Waals surface area contributed by atoms with E-state index in [2.05, 4.69) is 0 Å². The highest BCUT2D eigenvalue weighted by Gasteiger charge is 2.37. The minimum absolute atomic E-state index is 0.0212. The van der Waals surface area contributed by atoms with Crippen LogP contribution in [0.5, 0.6) is 0 Å². The summed E-state index contributed by atoms with van der Waals surface area (Å²) in [5.74, 6) is -1.82. The molecule has 3 heterocycles. The van der Waals surface area contributed by atoms with Gasteiger partial charge in [-0.1, -0.05) is 6.07 Å². The Morgan fingerprint density at radius 1 is 1.12 bits per heavy atom. The van der Waals surface area contributed by atoms with Gasteiger partial charge in [-0.15, -0.1) is 11.3 Å². The van der Waals surface area contributed by atoms with Crippen molar-refractivity contribution in [3.63, 3.8) is 0 Å². The number of hydrogen-bond acceptors (Lipinski definition) is 5.